The van der Waals surface area contributed by atoms with Crippen LogP contribution < -0.4 is 15.6 Å². The lowest BCUT2D eigenvalue weighted by atomic mass is 9.99. The maximum atomic E-state index is 7.78. The normalized spacial score (nSPS) is 18.2. The molecule has 1 unspecified atom stereocenters. The van der Waals surface area contributed by atoms with Crippen molar-refractivity contribution in [2.75, 3.05) is 0 Å². The summed E-state index contributed by atoms with van der Waals surface area (Å²) < 4.78 is -0.532. The highest BCUT2D eigenvalue weighted by atomic mass is 35.5. The lowest BCUT2D eigenvalue weighted by Gasteiger charge is -2.46. The van der Waals surface area contributed by atoms with Gasteiger partial charge in [0.1, 0.15) is 0 Å². The van der Waals surface area contributed by atoms with Crippen LogP contribution in [0.1, 0.15) is 12.0 Å². The van der Waals surface area contributed by atoms with Gasteiger partial charge >= 0.3 is 0 Å². The van der Waals surface area contributed by atoms with E-state index in [1.54, 1.807) is 0 Å². The zero-order valence-corrected chi connectivity index (χ0v) is 19.6. The van der Waals surface area contributed by atoms with E-state index >= 15 is 0 Å². The minimum absolute atomic E-state index is 0.532. The average molecular weight is 449 g/mol. The van der Waals surface area contributed by atoms with E-state index in [9.17, 15) is 0 Å². The number of benzene rings is 4. The van der Waals surface area contributed by atoms with Gasteiger partial charge < -0.3 is 0 Å². The Morgan fingerprint density at radius 3 is 1.34 bits per heavy atom. The van der Waals surface area contributed by atoms with E-state index in [1.807, 2.05) is 0 Å². The summed E-state index contributed by atoms with van der Waals surface area (Å²) in [6, 6.07) is 43.2. The fraction of sp³-hybridized carbons (Fsp3) is 0.0667. The minimum atomic E-state index is -2.64. The highest BCUT2D eigenvalue weighted by Gasteiger charge is 2.55. The van der Waals surface area contributed by atoms with Crippen LogP contribution in [0.25, 0.3) is 5.57 Å². The molecule has 0 N–H and O–H groups in total. The van der Waals surface area contributed by atoms with Gasteiger partial charge in [-0.25, -0.2) is 0 Å². The molecule has 0 amide bonds. The zero-order valence-electron chi connectivity index (χ0n) is 17.9. The Kier molecular flexibility index (Phi) is 5.69. The van der Waals surface area contributed by atoms with E-state index in [1.165, 1.54) is 26.7 Å². The second-order valence-corrected chi connectivity index (χ2v) is 13.4. The van der Waals surface area contributed by atoms with Crippen molar-refractivity contribution in [2.24, 2.45) is 0 Å². The molecular formula is C30H25ClSi. The number of hydrogen-bond donors (Lipinski definition) is 0. The molecule has 1 aliphatic carbocycles. The van der Waals surface area contributed by atoms with Crippen molar-refractivity contribution in [3.05, 3.63) is 145 Å². The molecule has 156 valence electrons. The van der Waals surface area contributed by atoms with Crippen LogP contribution in [0.3, 0.4) is 0 Å². The van der Waals surface area contributed by atoms with Crippen LogP contribution in [0.5, 0.6) is 0 Å². The Hall–Kier alpha value is -3.13. The van der Waals surface area contributed by atoms with E-state index < -0.39 is 12.6 Å². The molecule has 0 fully saturated rings. The van der Waals surface area contributed by atoms with Gasteiger partial charge in [-0.05, 0) is 33.1 Å². The van der Waals surface area contributed by atoms with Gasteiger partial charge in [0.2, 0.25) is 0 Å². The molecule has 32 heavy (non-hydrogen) atoms. The third-order valence-corrected chi connectivity index (χ3v) is 12.8. The molecule has 2 heteroatoms. The Bertz CT molecular complexity index is 1130. The van der Waals surface area contributed by atoms with E-state index in [0.29, 0.717) is 0 Å². The predicted molar refractivity (Wildman–Crippen MR) is 141 cm³/mol. The number of hydrogen-bond acceptors (Lipinski definition) is 0. The monoisotopic (exact) mass is 448 g/mol. The molecule has 0 spiro atoms. The van der Waals surface area contributed by atoms with Crippen molar-refractivity contribution < 1.29 is 0 Å². The van der Waals surface area contributed by atoms with Crippen molar-refractivity contribution in [3.8, 4) is 0 Å². The van der Waals surface area contributed by atoms with Crippen LogP contribution in [0.4, 0.5) is 0 Å². The summed E-state index contributed by atoms with van der Waals surface area (Å²) in [6.07, 6.45) is 7.59. The minimum Gasteiger partial charge on any atom is -0.117 e. The second-order valence-electron chi connectivity index (χ2n) is 8.27. The van der Waals surface area contributed by atoms with E-state index in [2.05, 4.69) is 140 Å². The maximum absolute atomic E-state index is 7.78. The number of halogens is 1. The standard InChI is InChI=1S/C30H25ClSi/c31-30(23-21-26(22-24-30)25-13-5-1-6-14-25)32(27-15-7-2-8-16-27,28-17-9-3-10-18-28)29-19-11-4-12-20-29/h1-23H,24H2. The molecule has 0 heterocycles. The van der Waals surface area contributed by atoms with Gasteiger partial charge in [-0.2, -0.15) is 0 Å². The van der Waals surface area contributed by atoms with Gasteiger partial charge in [0.05, 0.1) is 4.50 Å². The smallest absolute Gasteiger partial charge is 0.117 e. The topological polar surface area (TPSA) is 0 Å². The third-order valence-electron chi connectivity index (χ3n) is 6.50. The predicted octanol–water partition coefficient (Wildman–Crippen LogP) is 5.72. The van der Waals surface area contributed by atoms with E-state index in [0.717, 1.165) is 6.42 Å². The molecule has 0 radical (unpaired) electrons. The lowest BCUT2D eigenvalue weighted by Crippen LogP contribution is -2.77. The molecule has 0 bridgehead atoms. The molecule has 5 rings (SSSR count). The Morgan fingerprint density at radius 1 is 0.562 bits per heavy atom. The summed E-state index contributed by atoms with van der Waals surface area (Å²) in [5.74, 6) is 0. The number of alkyl halides is 1. The first-order chi connectivity index (χ1) is 15.7. The summed E-state index contributed by atoms with van der Waals surface area (Å²) >= 11 is 7.78. The third kappa shape index (κ3) is 3.48. The zero-order chi connectivity index (χ0) is 21.9. The number of allylic oxidation sites excluding steroid dienone is 4. The van der Waals surface area contributed by atoms with E-state index in [4.69, 9.17) is 11.6 Å². The molecule has 0 nitrogen and oxygen atoms in total. The second kappa shape index (κ2) is 8.78. The van der Waals surface area contributed by atoms with Crippen LogP contribution in [-0.2, 0) is 0 Å². The van der Waals surface area contributed by atoms with Crippen molar-refractivity contribution >= 4 is 40.8 Å². The van der Waals surface area contributed by atoms with Crippen molar-refractivity contribution in [3.63, 3.8) is 0 Å². The van der Waals surface area contributed by atoms with Crippen molar-refractivity contribution in [1.82, 2.24) is 0 Å². The molecule has 0 saturated heterocycles. The first-order valence-corrected chi connectivity index (χ1v) is 13.4. The van der Waals surface area contributed by atoms with E-state index in [-0.39, 0.29) is 0 Å². The summed E-state index contributed by atoms with van der Waals surface area (Å²) in [6.45, 7) is 0. The quantitative estimate of drug-likeness (QED) is 0.208. The molecule has 0 aromatic heterocycles. The van der Waals surface area contributed by atoms with Crippen LogP contribution in [-0.4, -0.2) is 12.6 Å². The van der Waals surface area contributed by atoms with Gasteiger partial charge in [0.25, 0.3) is 0 Å². The largest absolute Gasteiger partial charge is 0.174 e. The highest BCUT2D eigenvalue weighted by Crippen LogP contribution is 2.38. The van der Waals surface area contributed by atoms with Gasteiger partial charge in [-0.15, -0.1) is 11.6 Å². The van der Waals surface area contributed by atoms with Gasteiger partial charge in [0, 0.05) is 0 Å². The maximum Gasteiger partial charge on any atom is 0.174 e. The van der Waals surface area contributed by atoms with Gasteiger partial charge in [-0.3, -0.25) is 0 Å². The van der Waals surface area contributed by atoms with Crippen LogP contribution >= 0.6 is 11.6 Å². The van der Waals surface area contributed by atoms with Crippen LogP contribution in [0.15, 0.2) is 140 Å². The molecule has 1 atom stereocenters. The first kappa shape index (κ1) is 20.8. The molecule has 1 aliphatic rings. The van der Waals surface area contributed by atoms with Gasteiger partial charge in [0.15, 0.2) is 8.07 Å². The molecule has 0 aliphatic heterocycles. The fourth-order valence-corrected chi connectivity index (χ4v) is 11.4. The summed E-state index contributed by atoms with van der Waals surface area (Å²) in [5, 5.41) is 3.98. The average Bonchev–Trinajstić information content (AvgIpc) is 2.87. The molecular weight excluding hydrogens is 424 g/mol. The molecule has 4 aromatic carbocycles. The van der Waals surface area contributed by atoms with Crippen molar-refractivity contribution in [1.29, 1.82) is 0 Å². The Morgan fingerprint density at radius 2 is 0.969 bits per heavy atom. The summed E-state index contributed by atoms with van der Waals surface area (Å²) in [4.78, 5) is 0. The summed E-state index contributed by atoms with van der Waals surface area (Å²) in [7, 11) is -2.64. The highest BCUT2D eigenvalue weighted by molar-refractivity contribution is 7.17. The molecule has 4 aromatic rings. The SMILES string of the molecule is ClC1([Si](c2ccccc2)(c2ccccc2)c2ccccc2)C=CC(c2ccccc2)=CC1. The van der Waals surface area contributed by atoms with Crippen LogP contribution in [0.2, 0.25) is 0 Å². The van der Waals surface area contributed by atoms with Gasteiger partial charge in [-0.1, -0.05) is 140 Å². The Balaban J connectivity index is 1.74. The Labute approximate surface area is 196 Å². The molecule has 0 saturated carbocycles. The van der Waals surface area contributed by atoms with Crippen molar-refractivity contribution in [2.45, 2.75) is 10.9 Å². The van der Waals surface area contributed by atoms with Crippen LogP contribution in [0, 0.1) is 0 Å². The number of rotatable bonds is 5. The first-order valence-electron chi connectivity index (χ1n) is 11.0. The fourth-order valence-electron chi connectivity index (χ4n) is 5.02. The summed E-state index contributed by atoms with van der Waals surface area (Å²) in [5.41, 5.74) is 2.47. The lowest BCUT2D eigenvalue weighted by molar-refractivity contribution is 0.933.